The molecule has 0 saturated carbocycles. The lowest BCUT2D eigenvalue weighted by Gasteiger charge is -2.32. The third kappa shape index (κ3) is 3.76. The maximum atomic E-state index is 12.4. The lowest BCUT2D eigenvalue weighted by molar-refractivity contribution is -0.126. The predicted molar refractivity (Wildman–Crippen MR) is 86.1 cm³/mol. The van der Waals surface area contributed by atoms with Crippen LogP contribution in [0.3, 0.4) is 0 Å². The van der Waals surface area contributed by atoms with Gasteiger partial charge < -0.3 is 5.32 Å². The van der Waals surface area contributed by atoms with Crippen LogP contribution < -0.4 is 5.32 Å². The quantitative estimate of drug-likeness (QED) is 0.926. The van der Waals surface area contributed by atoms with Gasteiger partial charge in [-0.15, -0.1) is 0 Å². The summed E-state index contributed by atoms with van der Waals surface area (Å²) in [6, 6.07) is 8.25. The van der Waals surface area contributed by atoms with Crippen molar-refractivity contribution in [2.75, 3.05) is 24.6 Å². The Bertz CT molecular complexity index is 458. The number of thioether (sulfide) groups is 1. The highest BCUT2D eigenvalue weighted by Crippen LogP contribution is 2.18. The summed E-state index contributed by atoms with van der Waals surface area (Å²) in [4.78, 5) is 14.7. The van der Waals surface area contributed by atoms with E-state index < -0.39 is 0 Å². The minimum atomic E-state index is -0.0395. The van der Waals surface area contributed by atoms with Crippen molar-refractivity contribution in [3.63, 3.8) is 0 Å². The monoisotopic (exact) mass is 292 g/mol. The average Bonchev–Trinajstić information content (AvgIpc) is 2.47. The first-order valence-corrected chi connectivity index (χ1v) is 8.42. The molecule has 1 heterocycles. The van der Waals surface area contributed by atoms with Gasteiger partial charge in [0, 0.05) is 24.6 Å². The maximum Gasteiger partial charge on any atom is 0.237 e. The Morgan fingerprint density at radius 3 is 2.55 bits per heavy atom. The van der Waals surface area contributed by atoms with Gasteiger partial charge in [0.05, 0.1) is 12.1 Å². The lowest BCUT2D eigenvalue weighted by atomic mass is 10.0. The van der Waals surface area contributed by atoms with Gasteiger partial charge in [0.15, 0.2) is 0 Å². The van der Waals surface area contributed by atoms with Gasteiger partial charge in [0.25, 0.3) is 0 Å². The number of carbonyl (C=O) groups is 1. The van der Waals surface area contributed by atoms with Gasteiger partial charge in [-0.1, -0.05) is 24.3 Å². The fraction of sp³-hybridized carbons (Fsp3) is 0.562. The Hall–Kier alpha value is -1.000. The molecule has 1 saturated heterocycles. The predicted octanol–water partition coefficient (Wildman–Crippen LogP) is 2.61. The molecule has 1 aliphatic heterocycles. The summed E-state index contributed by atoms with van der Waals surface area (Å²) < 4.78 is 0. The molecule has 1 aliphatic rings. The molecule has 20 heavy (non-hydrogen) atoms. The number of amides is 1. The highest BCUT2D eigenvalue weighted by atomic mass is 32.2. The fourth-order valence-electron chi connectivity index (χ4n) is 2.61. The van der Waals surface area contributed by atoms with E-state index >= 15 is 0 Å². The Balaban J connectivity index is 1.95. The minimum absolute atomic E-state index is 0.0395. The second-order valence-electron chi connectivity index (χ2n) is 5.41. The molecule has 3 nitrogen and oxygen atoms in total. The van der Waals surface area contributed by atoms with E-state index in [2.05, 4.69) is 36.2 Å². The molecule has 110 valence electrons. The van der Waals surface area contributed by atoms with Crippen LogP contribution in [-0.4, -0.2) is 41.4 Å². The maximum absolute atomic E-state index is 12.4. The second-order valence-corrected chi connectivity index (χ2v) is 6.64. The van der Waals surface area contributed by atoms with Crippen molar-refractivity contribution in [2.24, 2.45) is 0 Å². The normalized spacial score (nSPS) is 19.4. The second kappa shape index (κ2) is 7.14. The van der Waals surface area contributed by atoms with Gasteiger partial charge in [-0.05, 0) is 31.9 Å². The number of carbonyl (C=O) groups excluding carboxylic acids is 1. The lowest BCUT2D eigenvalue weighted by Crippen LogP contribution is -2.48. The Kier molecular flexibility index (Phi) is 5.49. The molecule has 4 heteroatoms. The van der Waals surface area contributed by atoms with Crippen LogP contribution >= 0.6 is 11.8 Å². The van der Waals surface area contributed by atoms with Crippen LogP contribution in [0.4, 0.5) is 0 Å². The van der Waals surface area contributed by atoms with Crippen molar-refractivity contribution in [3.8, 4) is 0 Å². The van der Waals surface area contributed by atoms with Crippen molar-refractivity contribution in [3.05, 3.63) is 35.4 Å². The van der Waals surface area contributed by atoms with Gasteiger partial charge in [-0.25, -0.2) is 0 Å². The first-order valence-electron chi connectivity index (χ1n) is 7.27. The van der Waals surface area contributed by atoms with E-state index in [1.165, 1.54) is 11.1 Å². The summed E-state index contributed by atoms with van der Waals surface area (Å²) in [7, 11) is 0. The summed E-state index contributed by atoms with van der Waals surface area (Å²) in [5.74, 6) is 2.39. The highest BCUT2D eigenvalue weighted by Gasteiger charge is 2.24. The first kappa shape index (κ1) is 15.4. The zero-order valence-corrected chi connectivity index (χ0v) is 13.4. The van der Waals surface area contributed by atoms with Crippen molar-refractivity contribution in [2.45, 2.75) is 32.9 Å². The number of hydrogen-bond acceptors (Lipinski definition) is 3. The van der Waals surface area contributed by atoms with Crippen LogP contribution in [0.2, 0.25) is 0 Å². The van der Waals surface area contributed by atoms with Crippen LogP contribution in [0.15, 0.2) is 24.3 Å². The minimum Gasteiger partial charge on any atom is -0.348 e. The van der Waals surface area contributed by atoms with Crippen LogP contribution in [0.1, 0.15) is 31.0 Å². The molecule has 1 fully saturated rings. The number of benzene rings is 1. The smallest absolute Gasteiger partial charge is 0.237 e. The van der Waals surface area contributed by atoms with E-state index in [9.17, 15) is 4.79 Å². The summed E-state index contributed by atoms with van der Waals surface area (Å²) in [6.07, 6.45) is 0. The van der Waals surface area contributed by atoms with Crippen LogP contribution in [0.25, 0.3) is 0 Å². The van der Waals surface area contributed by atoms with Crippen LogP contribution in [0.5, 0.6) is 0 Å². The zero-order valence-electron chi connectivity index (χ0n) is 12.6. The number of nitrogens with zero attached hydrogens (tertiary/aromatic N) is 1. The molecule has 2 rings (SSSR count). The van der Waals surface area contributed by atoms with E-state index in [4.69, 9.17) is 0 Å². The molecule has 1 N–H and O–H groups in total. The molecular weight excluding hydrogens is 268 g/mol. The fourth-order valence-corrected chi connectivity index (χ4v) is 3.55. The van der Waals surface area contributed by atoms with E-state index in [-0.39, 0.29) is 18.0 Å². The van der Waals surface area contributed by atoms with Gasteiger partial charge >= 0.3 is 0 Å². The largest absolute Gasteiger partial charge is 0.348 e. The summed E-state index contributed by atoms with van der Waals surface area (Å²) >= 11 is 1.97. The molecule has 1 aromatic rings. The third-order valence-corrected chi connectivity index (χ3v) is 4.93. The molecular formula is C16H24N2OS. The van der Waals surface area contributed by atoms with Crippen LogP contribution in [0, 0.1) is 6.92 Å². The molecule has 2 unspecified atom stereocenters. The van der Waals surface area contributed by atoms with E-state index in [1.54, 1.807) is 0 Å². The standard InChI is InChI=1S/C16H24N2OS/c1-12-6-4-5-7-15(12)13(2)17-16(19)14(3)18-8-10-20-11-9-18/h4-7,13-14H,8-11H2,1-3H3,(H,17,19). The number of aryl methyl sites for hydroxylation is 1. The molecule has 0 aromatic heterocycles. The van der Waals surface area contributed by atoms with Gasteiger partial charge in [0.2, 0.25) is 5.91 Å². The average molecular weight is 292 g/mol. The Morgan fingerprint density at radius 2 is 1.90 bits per heavy atom. The van der Waals surface area contributed by atoms with E-state index in [1.807, 2.05) is 30.8 Å². The summed E-state index contributed by atoms with van der Waals surface area (Å²) in [6.45, 7) is 8.17. The molecule has 0 bridgehead atoms. The summed E-state index contributed by atoms with van der Waals surface area (Å²) in [5, 5.41) is 3.15. The highest BCUT2D eigenvalue weighted by molar-refractivity contribution is 7.99. The van der Waals surface area contributed by atoms with E-state index in [0.717, 1.165) is 24.6 Å². The van der Waals surface area contributed by atoms with E-state index in [0.29, 0.717) is 0 Å². The molecule has 0 radical (unpaired) electrons. The number of hydrogen-bond donors (Lipinski definition) is 1. The SMILES string of the molecule is Cc1ccccc1C(C)NC(=O)C(C)N1CCSCC1. The third-order valence-electron chi connectivity index (χ3n) is 3.99. The van der Waals surface area contributed by atoms with Gasteiger partial charge in [-0.3, -0.25) is 9.69 Å². The number of nitrogens with one attached hydrogen (secondary N) is 1. The first-order chi connectivity index (χ1) is 9.59. The van der Waals surface area contributed by atoms with Gasteiger partial charge in [-0.2, -0.15) is 11.8 Å². The Labute approximate surface area is 126 Å². The Morgan fingerprint density at radius 1 is 1.25 bits per heavy atom. The summed E-state index contributed by atoms with van der Waals surface area (Å²) in [5.41, 5.74) is 2.42. The molecule has 2 atom stereocenters. The van der Waals surface area contributed by atoms with Crippen LogP contribution in [-0.2, 0) is 4.79 Å². The molecule has 0 spiro atoms. The van der Waals surface area contributed by atoms with Gasteiger partial charge in [0.1, 0.15) is 0 Å². The van der Waals surface area contributed by atoms with Crippen molar-refractivity contribution in [1.29, 1.82) is 0 Å². The van der Waals surface area contributed by atoms with Crippen molar-refractivity contribution < 1.29 is 4.79 Å². The topological polar surface area (TPSA) is 32.3 Å². The zero-order chi connectivity index (χ0) is 14.5. The molecule has 1 aromatic carbocycles. The van der Waals surface area contributed by atoms with Crippen molar-refractivity contribution >= 4 is 17.7 Å². The van der Waals surface area contributed by atoms with Crippen molar-refractivity contribution in [1.82, 2.24) is 10.2 Å². The number of rotatable bonds is 4. The molecule has 0 aliphatic carbocycles. The molecule has 1 amide bonds.